The fourth-order valence-electron chi connectivity index (χ4n) is 1.99. The lowest BCUT2D eigenvalue weighted by atomic mass is 9.89. The molecule has 1 heterocycles. The molecule has 0 spiro atoms. The number of nitrogens with two attached hydrogens (primary N) is 1. The van der Waals surface area contributed by atoms with Gasteiger partial charge in [0.2, 0.25) is 0 Å². The van der Waals surface area contributed by atoms with Crippen LogP contribution in [-0.2, 0) is 4.74 Å². The quantitative estimate of drug-likeness (QED) is 0.754. The molecule has 96 valence electrons. The van der Waals surface area contributed by atoms with Crippen LogP contribution >= 0.6 is 0 Å². The molecule has 0 aromatic rings. The maximum atomic E-state index is 5.74. The van der Waals surface area contributed by atoms with Crippen molar-refractivity contribution in [3.8, 4) is 0 Å². The highest BCUT2D eigenvalue weighted by atomic mass is 16.5. The van der Waals surface area contributed by atoms with Crippen LogP contribution in [0.15, 0.2) is 0 Å². The summed E-state index contributed by atoms with van der Waals surface area (Å²) in [6, 6.07) is 0. The second-order valence-corrected chi connectivity index (χ2v) is 5.87. The second-order valence-electron chi connectivity index (χ2n) is 5.87. The van der Waals surface area contributed by atoms with Crippen molar-refractivity contribution in [2.45, 2.75) is 45.6 Å². The van der Waals surface area contributed by atoms with E-state index >= 15 is 0 Å². The first kappa shape index (κ1) is 13.9. The van der Waals surface area contributed by atoms with Gasteiger partial charge in [-0.05, 0) is 51.2 Å². The van der Waals surface area contributed by atoms with Gasteiger partial charge in [0.1, 0.15) is 0 Å². The Bertz CT molecular complexity index is 188. The van der Waals surface area contributed by atoms with Crippen LogP contribution in [0.1, 0.15) is 39.5 Å². The lowest BCUT2D eigenvalue weighted by Crippen LogP contribution is -2.36. The van der Waals surface area contributed by atoms with E-state index in [2.05, 4.69) is 25.8 Å². The van der Waals surface area contributed by atoms with Crippen molar-refractivity contribution in [3.05, 3.63) is 0 Å². The van der Waals surface area contributed by atoms with Crippen LogP contribution in [0, 0.1) is 5.41 Å². The van der Waals surface area contributed by atoms with Gasteiger partial charge < -0.3 is 15.4 Å². The largest absolute Gasteiger partial charge is 0.377 e. The molecule has 1 aliphatic rings. The zero-order valence-electron chi connectivity index (χ0n) is 11.2. The van der Waals surface area contributed by atoms with Crippen LogP contribution < -0.4 is 5.73 Å². The third-order valence-corrected chi connectivity index (χ3v) is 3.51. The lowest BCUT2D eigenvalue weighted by molar-refractivity contribution is -0.00269. The molecule has 0 aromatic heterocycles. The summed E-state index contributed by atoms with van der Waals surface area (Å²) >= 11 is 0. The minimum absolute atomic E-state index is 0.266. The van der Waals surface area contributed by atoms with Crippen LogP contribution in [0.2, 0.25) is 0 Å². The van der Waals surface area contributed by atoms with Crippen molar-refractivity contribution in [3.63, 3.8) is 0 Å². The van der Waals surface area contributed by atoms with Crippen LogP contribution in [0.5, 0.6) is 0 Å². The van der Waals surface area contributed by atoms with Crippen LogP contribution in [-0.4, -0.2) is 44.3 Å². The Kier molecular flexibility index (Phi) is 5.73. The van der Waals surface area contributed by atoms with Gasteiger partial charge in [0.15, 0.2) is 0 Å². The predicted octanol–water partition coefficient (Wildman–Crippen LogP) is 1.86. The molecule has 0 amide bonds. The van der Waals surface area contributed by atoms with E-state index in [1.54, 1.807) is 0 Å². The van der Waals surface area contributed by atoms with Gasteiger partial charge in [-0.15, -0.1) is 0 Å². The van der Waals surface area contributed by atoms with Gasteiger partial charge in [0.05, 0.1) is 6.10 Å². The topological polar surface area (TPSA) is 38.5 Å². The van der Waals surface area contributed by atoms with Crippen molar-refractivity contribution in [2.75, 3.05) is 33.3 Å². The smallest absolute Gasteiger partial charge is 0.0701 e. The molecule has 1 fully saturated rings. The molecule has 3 heteroatoms. The molecule has 1 atom stereocenters. The van der Waals surface area contributed by atoms with Gasteiger partial charge in [-0.3, -0.25) is 0 Å². The Balaban J connectivity index is 2.17. The molecule has 3 nitrogen and oxygen atoms in total. The fraction of sp³-hybridized carbons (Fsp3) is 1.00. The van der Waals surface area contributed by atoms with Crippen molar-refractivity contribution < 1.29 is 4.74 Å². The number of nitrogens with zero attached hydrogens (tertiary/aromatic N) is 1. The summed E-state index contributed by atoms with van der Waals surface area (Å²) in [5, 5.41) is 0. The van der Waals surface area contributed by atoms with E-state index in [1.165, 1.54) is 19.3 Å². The Morgan fingerprint density at radius 1 is 1.38 bits per heavy atom. The molecule has 1 unspecified atom stereocenters. The molecule has 0 aromatic carbocycles. The molecule has 16 heavy (non-hydrogen) atoms. The summed E-state index contributed by atoms with van der Waals surface area (Å²) in [7, 11) is 2.19. The number of rotatable bonds is 6. The number of likely N-dealkylation sites (N-methyl/N-ethyl adjacent to an activating group) is 1. The average molecular weight is 228 g/mol. The zero-order chi connectivity index (χ0) is 12.0. The van der Waals surface area contributed by atoms with Gasteiger partial charge in [-0.25, -0.2) is 0 Å². The highest BCUT2D eigenvalue weighted by Gasteiger charge is 2.19. The first-order valence-electron chi connectivity index (χ1n) is 6.54. The van der Waals surface area contributed by atoms with Gasteiger partial charge >= 0.3 is 0 Å². The standard InChI is InChI=1S/C13H28N2O/c1-13(2,11-14)7-8-15(3)10-12-6-4-5-9-16-12/h12H,4-11,14H2,1-3H3. The highest BCUT2D eigenvalue weighted by molar-refractivity contribution is 4.73. The summed E-state index contributed by atoms with van der Waals surface area (Å²) in [5.41, 5.74) is 6.00. The van der Waals surface area contributed by atoms with E-state index in [9.17, 15) is 0 Å². The maximum absolute atomic E-state index is 5.74. The van der Waals surface area contributed by atoms with E-state index in [-0.39, 0.29) is 5.41 Å². The monoisotopic (exact) mass is 228 g/mol. The molecule has 1 aliphatic heterocycles. The van der Waals surface area contributed by atoms with Crippen LogP contribution in [0.3, 0.4) is 0 Å². The summed E-state index contributed by atoms with van der Waals surface area (Å²) in [6.45, 7) is 8.37. The Morgan fingerprint density at radius 3 is 2.69 bits per heavy atom. The molecule has 1 saturated heterocycles. The molecule has 0 radical (unpaired) electrons. The predicted molar refractivity (Wildman–Crippen MR) is 68.5 cm³/mol. The SMILES string of the molecule is CN(CCC(C)(C)CN)CC1CCCCO1. The zero-order valence-corrected chi connectivity index (χ0v) is 11.2. The van der Waals surface area contributed by atoms with E-state index in [4.69, 9.17) is 10.5 Å². The third kappa shape index (κ3) is 5.28. The Morgan fingerprint density at radius 2 is 2.12 bits per heavy atom. The van der Waals surface area contributed by atoms with Gasteiger partial charge in [0.25, 0.3) is 0 Å². The van der Waals surface area contributed by atoms with Gasteiger partial charge in [-0.2, -0.15) is 0 Å². The average Bonchev–Trinajstić information content (AvgIpc) is 2.28. The Labute approximate surface area is 100 Å². The minimum Gasteiger partial charge on any atom is -0.377 e. The van der Waals surface area contributed by atoms with Crippen molar-refractivity contribution in [1.29, 1.82) is 0 Å². The molecule has 0 saturated carbocycles. The first-order chi connectivity index (χ1) is 7.53. The highest BCUT2D eigenvalue weighted by Crippen LogP contribution is 2.19. The number of ether oxygens (including phenoxy) is 1. The molecular formula is C13H28N2O. The normalized spacial score (nSPS) is 22.7. The minimum atomic E-state index is 0.266. The van der Waals surface area contributed by atoms with Gasteiger partial charge in [0, 0.05) is 13.2 Å². The van der Waals surface area contributed by atoms with Crippen molar-refractivity contribution in [2.24, 2.45) is 11.1 Å². The summed E-state index contributed by atoms with van der Waals surface area (Å²) in [6.07, 6.45) is 5.41. The van der Waals surface area contributed by atoms with Crippen molar-refractivity contribution in [1.82, 2.24) is 4.90 Å². The second kappa shape index (κ2) is 6.58. The van der Waals surface area contributed by atoms with Crippen LogP contribution in [0.25, 0.3) is 0 Å². The summed E-state index contributed by atoms with van der Waals surface area (Å²) in [5.74, 6) is 0. The van der Waals surface area contributed by atoms with E-state index in [1.807, 2.05) is 0 Å². The van der Waals surface area contributed by atoms with E-state index in [0.29, 0.717) is 6.10 Å². The number of hydrogen-bond acceptors (Lipinski definition) is 3. The molecule has 1 rings (SSSR count). The molecule has 2 N–H and O–H groups in total. The molecule has 0 bridgehead atoms. The van der Waals surface area contributed by atoms with E-state index in [0.717, 1.165) is 32.7 Å². The van der Waals surface area contributed by atoms with Gasteiger partial charge in [-0.1, -0.05) is 13.8 Å². The Hall–Kier alpha value is -0.120. The molecule has 0 aliphatic carbocycles. The first-order valence-corrected chi connectivity index (χ1v) is 6.54. The fourth-order valence-corrected chi connectivity index (χ4v) is 1.99. The third-order valence-electron chi connectivity index (χ3n) is 3.51. The summed E-state index contributed by atoms with van der Waals surface area (Å²) in [4.78, 5) is 2.38. The summed E-state index contributed by atoms with van der Waals surface area (Å²) < 4.78 is 5.74. The van der Waals surface area contributed by atoms with Crippen molar-refractivity contribution >= 4 is 0 Å². The lowest BCUT2D eigenvalue weighted by Gasteiger charge is -2.30. The van der Waals surface area contributed by atoms with E-state index < -0.39 is 0 Å². The maximum Gasteiger partial charge on any atom is 0.0701 e. The van der Waals surface area contributed by atoms with Crippen LogP contribution in [0.4, 0.5) is 0 Å². The number of hydrogen-bond donors (Lipinski definition) is 1. The molecular weight excluding hydrogens is 200 g/mol.